The highest BCUT2D eigenvalue weighted by Crippen LogP contribution is 2.14. The first kappa shape index (κ1) is 10.8. The molecule has 1 unspecified atom stereocenters. The maximum absolute atomic E-state index is 6.05. The SMILES string of the molecule is Cn1nccc1CCC(N)c1cncnc1. The van der Waals surface area contributed by atoms with Crippen LogP contribution in [0.2, 0.25) is 0 Å². The second-order valence-corrected chi connectivity index (χ2v) is 3.76. The van der Waals surface area contributed by atoms with E-state index in [2.05, 4.69) is 15.1 Å². The molecule has 2 N–H and O–H groups in total. The summed E-state index contributed by atoms with van der Waals surface area (Å²) in [5, 5.41) is 4.12. The molecule has 0 aliphatic heterocycles. The smallest absolute Gasteiger partial charge is 0.115 e. The normalized spacial score (nSPS) is 12.6. The lowest BCUT2D eigenvalue weighted by Crippen LogP contribution is -2.12. The van der Waals surface area contributed by atoms with Crippen molar-refractivity contribution < 1.29 is 0 Å². The van der Waals surface area contributed by atoms with Crippen molar-refractivity contribution in [1.29, 1.82) is 0 Å². The lowest BCUT2D eigenvalue weighted by atomic mass is 10.1. The standard InChI is InChI=1S/C11H15N5/c1-16-10(4-5-15-16)2-3-11(12)9-6-13-8-14-7-9/h4-8,11H,2-3,12H2,1H3. The third-order valence-corrected chi connectivity index (χ3v) is 2.64. The van der Waals surface area contributed by atoms with Gasteiger partial charge in [0.2, 0.25) is 0 Å². The second kappa shape index (κ2) is 4.85. The minimum atomic E-state index is -0.0175. The zero-order chi connectivity index (χ0) is 11.4. The monoisotopic (exact) mass is 217 g/mol. The van der Waals surface area contributed by atoms with E-state index >= 15 is 0 Å². The summed E-state index contributed by atoms with van der Waals surface area (Å²) in [4.78, 5) is 7.92. The van der Waals surface area contributed by atoms with Gasteiger partial charge >= 0.3 is 0 Å². The summed E-state index contributed by atoms with van der Waals surface area (Å²) in [5.41, 5.74) is 8.22. The molecule has 2 rings (SSSR count). The Bertz CT molecular complexity index is 437. The highest BCUT2D eigenvalue weighted by Gasteiger charge is 2.07. The third kappa shape index (κ3) is 2.43. The van der Waals surface area contributed by atoms with Crippen molar-refractivity contribution >= 4 is 0 Å². The first-order chi connectivity index (χ1) is 7.77. The molecule has 2 aromatic heterocycles. The highest BCUT2D eigenvalue weighted by molar-refractivity contribution is 5.09. The molecular formula is C11H15N5. The van der Waals surface area contributed by atoms with Crippen LogP contribution in [0, 0.1) is 0 Å². The Balaban J connectivity index is 1.94. The van der Waals surface area contributed by atoms with Crippen LogP contribution in [0.5, 0.6) is 0 Å². The van der Waals surface area contributed by atoms with Gasteiger partial charge in [-0.05, 0) is 18.9 Å². The Labute approximate surface area is 94.3 Å². The van der Waals surface area contributed by atoms with Crippen LogP contribution < -0.4 is 5.73 Å². The summed E-state index contributed by atoms with van der Waals surface area (Å²) in [6.45, 7) is 0. The van der Waals surface area contributed by atoms with E-state index in [4.69, 9.17) is 5.73 Å². The van der Waals surface area contributed by atoms with Gasteiger partial charge in [0.05, 0.1) is 0 Å². The van der Waals surface area contributed by atoms with E-state index in [9.17, 15) is 0 Å². The third-order valence-electron chi connectivity index (χ3n) is 2.64. The lowest BCUT2D eigenvalue weighted by Gasteiger charge is -2.10. The van der Waals surface area contributed by atoms with Gasteiger partial charge in [-0.1, -0.05) is 0 Å². The topological polar surface area (TPSA) is 69.6 Å². The van der Waals surface area contributed by atoms with E-state index in [-0.39, 0.29) is 6.04 Å². The molecule has 0 spiro atoms. The number of aromatic nitrogens is 4. The number of hydrogen-bond acceptors (Lipinski definition) is 4. The fraction of sp³-hybridized carbons (Fsp3) is 0.364. The number of nitrogens with two attached hydrogens (primary N) is 1. The van der Waals surface area contributed by atoms with Crippen LogP contribution in [-0.4, -0.2) is 19.7 Å². The van der Waals surface area contributed by atoms with Crippen molar-refractivity contribution in [3.05, 3.63) is 42.2 Å². The minimum Gasteiger partial charge on any atom is -0.324 e. The molecule has 84 valence electrons. The predicted molar refractivity (Wildman–Crippen MR) is 60.5 cm³/mol. The van der Waals surface area contributed by atoms with Crippen molar-refractivity contribution in [2.24, 2.45) is 12.8 Å². The Morgan fingerprint density at radius 1 is 1.38 bits per heavy atom. The van der Waals surface area contributed by atoms with Gasteiger partial charge in [-0.25, -0.2) is 9.97 Å². The molecule has 0 saturated carbocycles. The van der Waals surface area contributed by atoms with Crippen LogP contribution >= 0.6 is 0 Å². The van der Waals surface area contributed by atoms with Gasteiger partial charge < -0.3 is 5.73 Å². The molecule has 2 aromatic rings. The molecule has 5 nitrogen and oxygen atoms in total. The van der Waals surface area contributed by atoms with Crippen molar-refractivity contribution in [2.75, 3.05) is 0 Å². The molecule has 2 heterocycles. The number of aryl methyl sites for hydroxylation is 2. The number of nitrogens with zero attached hydrogens (tertiary/aromatic N) is 4. The Morgan fingerprint density at radius 2 is 2.12 bits per heavy atom. The van der Waals surface area contributed by atoms with E-state index < -0.39 is 0 Å². The first-order valence-corrected chi connectivity index (χ1v) is 5.24. The van der Waals surface area contributed by atoms with Crippen LogP contribution in [0.4, 0.5) is 0 Å². The Hall–Kier alpha value is -1.75. The molecular weight excluding hydrogens is 202 g/mol. The molecule has 0 saturated heterocycles. The Morgan fingerprint density at radius 3 is 2.75 bits per heavy atom. The molecule has 5 heteroatoms. The number of hydrogen-bond donors (Lipinski definition) is 1. The molecule has 0 amide bonds. The highest BCUT2D eigenvalue weighted by atomic mass is 15.2. The van der Waals surface area contributed by atoms with Crippen LogP contribution in [0.3, 0.4) is 0 Å². The zero-order valence-corrected chi connectivity index (χ0v) is 9.24. The van der Waals surface area contributed by atoms with Crippen LogP contribution in [0.25, 0.3) is 0 Å². The predicted octanol–water partition coefficient (Wildman–Crippen LogP) is 0.843. The molecule has 1 atom stereocenters. The first-order valence-electron chi connectivity index (χ1n) is 5.24. The molecule has 0 aliphatic rings. The second-order valence-electron chi connectivity index (χ2n) is 3.76. The summed E-state index contributed by atoms with van der Waals surface area (Å²) in [6, 6.07) is 1.99. The van der Waals surface area contributed by atoms with Crippen LogP contribution in [0.1, 0.15) is 23.7 Å². The average Bonchev–Trinajstić information content (AvgIpc) is 2.73. The van der Waals surface area contributed by atoms with E-state index in [0.29, 0.717) is 0 Å². The fourth-order valence-electron chi connectivity index (χ4n) is 1.62. The van der Waals surface area contributed by atoms with Gasteiger partial charge in [-0.15, -0.1) is 0 Å². The van der Waals surface area contributed by atoms with Gasteiger partial charge in [-0.2, -0.15) is 5.10 Å². The number of rotatable bonds is 4. The van der Waals surface area contributed by atoms with Crippen LogP contribution in [-0.2, 0) is 13.5 Å². The molecule has 0 radical (unpaired) electrons. The van der Waals surface area contributed by atoms with Crippen molar-refractivity contribution in [2.45, 2.75) is 18.9 Å². The Kier molecular flexibility index (Phi) is 3.26. The van der Waals surface area contributed by atoms with E-state index in [1.807, 2.05) is 17.8 Å². The van der Waals surface area contributed by atoms with Crippen molar-refractivity contribution in [3.63, 3.8) is 0 Å². The summed E-state index contributed by atoms with van der Waals surface area (Å²) < 4.78 is 1.87. The lowest BCUT2D eigenvalue weighted by molar-refractivity contribution is 0.610. The molecule has 0 aliphatic carbocycles. The van der Waals surface area contributed by atoms with Crippen molar-refractivity contribution in [3.8, 4) is 0 Å². The summed E-state index contributed by atoms with van der Waals surface area (Å²) in [6.07, 6.45) is 8.62. The molecule has 0 bridgehead atoms. The van der Waals surface area contributed by atoms with E-state index in [0.717, 1.165) is 18.4 Å². The zero-order valence-electron chi connectivity index (χ0n) is 9.24. The van der Waals surface area contributed by atoms with Gasteiger partial charge in [0.15, 0.2) is 0 Å². The maximum Gasteiger partial charge on any atom is 0.115 e. The maximum atomic E-state index is 6.05. The van der Waals surface area contributed by atoms with Crippen LogP contribution in [0.15, 0.2) is 31.0 Å². The van der Waals surface area contributed by atoms with Gasteiger partial charge in [0.1, 0.15) is 6.33 Å². The largest absolute Gasteiger partial charge is 0.324 e. The minimum absolute atomic E-state index is 0.0175. The van der Waals surface area contributed by atoms with Gasteiger partial charge in [-0.3, -0.25) is 4.68 Å². The summed E-state index contributed by atoms with van der Waals surface area (Å²) >= 11 is 0. The average molecular weight is 217 g/mol. The molecule has 16 heavy (non-hydrogen) atoms. The van der Waals surface area contributed by atoms with Gasteiger partial charge in [0, 0.05) is 42.9 Å². The van der Waals surface area contributed by atoms with E-state index in [1.54, 1.807) is 18.6 Å². The molecule has 0 aromatic carbocycles. The fourth-order valence-corrected chi connectivity index (χ4v) is 1.62. The summed E-state index contributed by atoms with van der Waals surface area (Å²) in [5.74, 6) is 0. The molecule has 0 fully saturated rings. The quantitative estimate of drug-likeness (QED) is 0.824. The van der Waals surface area contributed by atoms with E-state index in [1.165, 1.54) is 12.0 Å². The van der Waals surface area contributed by atoms with Crippen molar-refractivity contribution in [1.82, 2.24) is 19.7 Å². The summed E-state index contributed by atoms with van der Waals surface area (Å²) in [7, 11) is 1.94. The van der Waals surface area contributed by atoms with Gasteiger partial charge in [0.25, 0.3) is 0 Å².